The van der Waals surface area contributed by atoms with Crippen LogP contribution in [0.2, 0.25) is 0 Å². The first-order valence-electron chi connectivity index (χ1n) is 8.25. The van der Waals surface area contributed by atoms with Gasteiger partial charge in [0.25, 0.3) is 0 Å². The molecule has 0 spiro atoms. The largest absolute Gasteiger partial charge is 0.372 e. The maximum atomic E-state index is 5.77. The molecule has 0 saturated carbocycles. The van der Waals surface area contributed by atoms with Gasteiger partial charge in [0, 0.05) is 38.2 Å². The molecule has 2 N–H and O–H groups in total. The van der Waals surface area contributed by atoms with Crippen molar-refractivity contribution in [1.82, 2.24) is 9.88 Å². The lowest BCUT2D eigenvalue weighted by atomic mass is 10.1. The van der Waals surface area contributed by atoms with E-state index in [1.54, 1.807) is 11.3 Å². The lowest BCUT2D eigenvalue weighted by molar-refractivity contribution is 0.0760. The summed E-state index contributed by atoms with van der Waals surface area (Å²) < 4.78 is 5.61. The van der Waals surface area contributed by atoms with Gasteiger partial charge in [-0.2, -0.15) is 0 Å². The van der Waals surface area contributed by atoms with E-state index in [9.17, 15) is 0 Å². The van der Waals surface area contributed by atoms with Gasteiger partial charge in [0.1, 0.15) is 11.1 Å². The molecule has 5 heteroatoms. The van der Waals surface area contributed by atoms with Crippen molar-refractivity contribution < 1.29 is 4.74 Å². The van der Waals surface area contributed by atoms with Gasteiger partial charge < -0.3 is 10.5 Å². The minimum atomic E-state index is 0.0750. The molecule has 0 radical (unpaired) electrons. The second-order valence-electron chi connectivity index (χ2n) is 5.58. The van der Waals surface area contributed by atoms with Gasteiger partial charge >= 0.3 is 0 Å². The fourth-order valence-corrected chi connectivity index (χ4v) is 3.33. The fraction of sp³-hybridized carbons (Fsp3) is 0.500. The molecule has 1 heterocycles. The molecular formula is C18H27N3OS. The van der Waals surface area contributed by atoms with E-state index in [1.807, 2.05) is 6.92 Å². The SMILES string of the molecule is CCOC(C)c1nc(CN(CCN)CCc2ccccc2)cs1. The summed E-state index contributed by atoms with van der Waals surface area (Å²) in [4.78, 5) is 7.09. The summed E-state index contributed by atoms with van der Waals surface area (Å²) in [6.45, 7) is 8.18. The molecule has 0 amide bonds. The average Bonchev–Trinajstić information content (AvgIpc) is 3.03. The number of ether oxygens (including phenoxy) is 1. The second-order valence-corrected chi connectivity index (χ2v) is 6.46. The first kappa shape index (κ1) is 18.1. The first-order chi connectivity index (χ1) is 11.2. The van der Waals surface area contributed by atoms with Crippen molar-refractivity contribution in [3.8, 4) is 0 Å². The lowest BCUT2D eigenvalue weighted by Gasteiger charge is -2.20. The Balaban J connectivity index is 1.91. The van der Waals surface area contributed by atoms with Crippen LogP contribution >= 0.6 is 11.3 Å². The molecule has 1 atom stereocenters. The maximum absolute atomic E-state index is 5.77. The molecule has 0 aliphatic heterocycles. The molecule has 1 aromatic heterocycles. The highest BCUT2D eigenvalue weighted by Gasteiger charge is 2.12. The Hall–Kier alpha value is -1.27. The molecule has 2 rings (SSSR count). The molecule has 0 aliphatic rings. The molecule has 0 saturated heterocycles. The van der Waals surface area contributed by atoms with Crippen LogP contribution in [0.25, 0.3) is 0 Å². The minimum Gasteiger partial charge on any atom is -0.372 e. The summed E-state index contributed by atoms with van der Waals surface area (Å²) in [5.41, 5.74) is 8.23. The number of aromatic nitrogens is 1. The topological polar surface area (TPSA) is 51.4 Å². The van der Waals surface area contributed by atoms with Crippen molar-refractivity contribution in [3.63, 3.8) is 0 Å². The average molecular weight is 334 g/mol. The highest BCUT2D eigenvalue weighted by Crippen LogP contribution is 2.21. The van der Waals surface area contributed by atoms with Crippen molar-refractivity contribution in [2.75, 3.05) is 26.2 Å². The fourth-order valence-electron chi connectivity index (χ4n) is 2.52. The normalized spacial score (nSPS) is 12.7. The molecule has 1 unspecified atom stereocenters. The van der Waals surface area contributed by atoms with Gasteiger partial charge in [-0.15, -0.1) is 11.3 Å². The van der Waals surface area contributed by atoms with Crippen molar-refractivity contribution in [2.24, 2.45) is 5.73 Å². The summed E-state index contributed by atoms with van der Waals surface area (Å²) in [7, 11) is 0. The summed E-state index contributed by atoms with van der Waals surface area (Å²) in [5, 5.41) is 3.19. The predicted octanol–water partition coefficient (Wildman–Crippen LogP) is 3.24. The highest BCUT2D eigenvalue weighted by atomic mass is 32.1. The Morgan fingerprint density at radius 3 is 2.74 bits per heavy atom. The molecule has 2 aromatic rings. The summed E-state index contributed by atoms with van der Waals surface area (Å²) in [6.07, 6.45) is 1.11. The third-order valence-electron chi connectivity index (χ3n) is 3.72. The number of hydrogen-bond donors (Lipinski definition) is 1. The number of nitrogens with zero attached hydrogens (tertiary/aromatic N) is 2. The Kier molecular flexibility index (Phi) is 7.68. The van der Waals surface area contributed by atoms with E-state index < -0.39 is 0 Å². The molecule has 126 valence electrons. The van der Waals surface area contributed by atoms with Gasteiger partial charge in [-0.3, -0.25) is 4.90 Å². The van der Waals surface area contributed by atoms with Gasteiger partial charge in [-0.1, -0.05) is 30.3 Å². The van der Waals surface area contributed by atoms with Crippen LogP contribution in [-0.2, 0) is 17.7 Å². The van der Waals surface area contributed by atoms with Crippen LogP contribution in [0.15, 0.2) is 35.7 Å². The van der Waals surface area contributed by atoms with Gasteiger partial charge in [-0.25, -0.2) is 4.98 Å². The molecule has 23 heavy (non-hydrogen) atoms. The van der Waals surface area contributed by atoms with Crippen molar-refractivity contribution in [1.29, 1.82) is 0 Å². The second kappa shape index (κ2) is 9.78. The van der Waals surface area contributed by atoms with Crippen molar-refractivity contribution in [3.05, 3.63) is 52.0 Å². The summed E-state index contributed by atoms with van der Waals surface area (Å²) in [6, 6.07) is 10.6. The summed E-state index contributed by atoms with van der Waals surface area (Å²) in [5.74, 6) is 0. The van der Waals surface area contributed by atoms with Crippen LogP contribution in [0, 0.1) is 0 Å². The van der Waals surface area contributed by atoms with Crippen LogP contribution in [0.4, 0.5) is 0 Å². The molecule has 0 bridgehead atoms. The quantitative estimate of drug-likeness (QED) is 0.725. The van der Waals surface area contributed by atoms with E-state index in [4.69, 9.17) is 15.5 Å². The number of hydrogen-bond acceptors (Lipinski definition) is 5. The van der Waals surface area contributed by atoms with Crippen LogP contribution in [0.1, 0.15) is 36.2 Å². The van der Waals surface area contributed by atoms with Crippen LogP contribution in [0.5, 0.6) is 0 Å². The van der Waals surface area contributed by atoms with E-state index >= 15 is 0 Å². The van der Waals surface area contributed by atoms with Gasteiger partial charge in [0.15, 0.2) is 0 Å². The third kappa shape index (κ3) is 6.03. The van der Waals surface area contributed by atoms with Gasteiger partial charge in [0.2, 0.25) is 0 Å². The molecular weight excluding hydrogens is 306 g/mol. The van der Waals surface area contributed by atoms with Crippen LogP contribution in [0.3, 0.4) is 0 Å². The van der Waals surface area contributed by atoms with E-state index in [0.29, 0.717) is 13.2 Å². The minimum absolute atomic E-state index is 0.0750. The van der Waals surface area contributed by atoms with Crippen LogP contribution < -0.4 is 5.73 Å². The number of nitrogens with two attached hydrogens (primary N) is 1. The molecule has 0 fully saturated rings. The zero-order chi connectivity index (χ0) is 16.5. The van der Waals surface area contributed by atoms with Gasteiger partial charge in [0.05, 0.1) is 5.69 Å². The summed E-state index contributed by atoms with van der Waals surface area (Å²) >= 11 is 1.68. The van der Waals surface area contributed by atoms with E-state index in [2.05, 4.69) is 47.5 Å². The predicted molar refractivity (Wildman–Crippen MR) is 96.6 cm³/mol. The maximum Gasteiger partial charge on any atom is 0.122 e. The zero-order valence-electron chi connectivity index (χ0n) is 14.1. The lowest BCUT2D eigenvalue weighted by Crippen LogP contribution is -2.31. The highest BCUT2D eigenvalue weighted by molar-refractivity contribution is 7.09. The molecule has 0 aliphatic carbocycles. The zero-order valence-corrected chi connectivity index (χ0v) is 14.9. The number of thiazole rings is 1. The Bertz CT molecular complexity index is 558. The van der Waals surface area contributed by atoms with Crippen LogP contribution in [-0.4, -0.2) is 36.1 Å². The standard InChI is InChI=1S/C18H27N3OS/c1-3-22-15(2)18-20-17(14-23-18)13-21(12-10-19)11-9-16-7-5-4-6-8-16/h4-8,14-15H,3,9-13,19H2,1-2H3. The van der Waals surface area contributed by atoms with E-state index in [1.165, 1.54) is 5.56 Å². The van der Waals surface area contributed by atoms with Crippen molar-refractivity contribution in [2.45, 2.75) is 32.9 Å². The monoisotopic (exact) mass is 333 g/mol. The van der Waals surface area contributed by atoms with Crippen molar-refractivity contribution >= 4 is 11.3 Å². The Labute approximate surface area is 143 Å². The molecule has 1 aromatic carbocycles. The van der Waals surface area contributed by atoms with E-state index in [0.717, 1.165) is 36.8 Å². The third-order valence-corrected chi connectivity index (χ3v) is 4.78. The first-order valence-corrected chi connectivity index (χ1v) is 9.13. The van der Waals surface area contributed by atoms with E-state index in [-0.39, 0.29) is 6.10 Å². The van der Waals surface area contributed by atoms with Gasteiger partial charge in [-0.05, 0) is 25.8 Å². The smallest absolute Gasteiger partial charge is 0.122 e. The molecule has 4 nitrogen and oxygen atoms in total. The Morgan fingerprint density at radius 2 is 2.04 bits per heavy atom. The number of benzene rings is 1. The Morgan fingerprint density at radius 1 is 1.26 bits per heavy atom. The number of rotatable bonds is 10.